The molecule has 2 heterocycles. The van der Waals surface area contributed by atoms with Crippen LogP contribution in [0.15, 0.2) is 70.0 Å². The Morgan fingerprint density at radius 2 is 1.24 bits per heavy atom. The van der Waals surface area contributed by atoms with Crippen LogP contribution in [0.2, 0.25) is 0 Å². The first-order chi connectivity index (χ1) is 18.0. The first-order valence-electron chi connectivity index (χ1n) is 12.7. The second-order valence-corrected chi connectivity index (χ2v) is 10.6. The van der Waals surface area contributed by atoms with E-state index in [0.29, 0.717) is 0 Å². The number of fused-ring (bicyclic) bond motifs is 1. The van der Waals surface area contributed by atoms with Crippen LogP contribution in [-0.4, -0.2) is 86.6 Å². The maximum atomic E-state index is 5.00. The molecule has 2 aromatic heterocycles. The van der Waals surface area contributed by atoms with E-state index in [0.717, 1.165) is 83.0 Å². The Balaban J connectivity index is 1.49. The normalized spacial score (nSPS) is 12.2. The summed E-state index contributed by atoms with van der Waals surface area (Å²) < 4.78 is 0. The van der Waals surface area contributed by atoms with E-state index in [4.69, 9.17) is 9.97 Å². The van der Waals surface area contributed by atoms with Crippen molar-refractivity contribution in [3.8, 4) is 22.6 Å². The van der Waals surface area contributed by atoms with Gasteiger partial charge in [0.25, 0.3) is 0 Å². The molecule has 0 saturated carbocycles. The molecule has 0 bridgehead atoms. The van der Waals surface area contributed by atoms with Crippen molar-refractivity contribution < 1.29 is 0 Å². The number of nitrogens with zero attached hydrogens (tertiary/aromatic N) is 6. The average Bonchev–Trinajstić information content (AvgIpc) is 3.37. The van der Waals surface area contributed by atoms with Gasteiger partial charge in [-0.15, -0.1) is 11.3 Å². The predicted octanol–water partition coefficient (Wildman–Crippen LogP) is 5.77. The van der Waals surface area contributed by atoms with Gasteiger partial charge in [-0.2, -0.15) is 0 Å². The molecular formula is C30H36N6S. The van der Waals surface area contributed by atoms with Gasteiger partial charge in [0.15, 0.2) is 5.82 Å². The van der Waals surface area contributed by atoms with Gasteiger partial charge in [-0.25, -0.2) is 9.97 Å². The number of benzene rings is 2. The number of aliphatic imine (C=N–C) groups is 2. The minimum atomic E-state index is 0.742. The highest BCUT2D eigenvalue weighted by atomic mass is 32.1. The Bertz CT molecular complexity index is 1320. The number of thiophene rings is 1. The molecule has 7 heteroatoms. The van der Waals surface area contributed by atoms with Crippen LogP contribution in [-0.2, 0) is 0 Å². The molecule has 0 aliphatic rings. The highest BCUT2D eigenvalue weighted by Crippen LogP contribution is 2.32. The van der Waals surface area contributed by atoms with Crippen molar-refractivity contribution in [2.24, 2.45) is 9.98 Å². The molecule has 4 rings (SSSR count). The third-order valence-corrected chi connectivity index (χ3v) is 6.75. The van der Waals surface area contributed by atoms with E-state index in [1.165, 1.54) is 0 Å². The third-order valence-electron chi connectivity index (χ3n) is 5.94. The second kappa shape index (κ2) is 13.3. The lowest BCUT2D eigenvalue weighted by molar-refractivity contribution is 0.403. The van der Waals surface area contributed by atoms with Crippen LogP contribution in [0, 0.1) is 0 Å². The lowest BCUT2D eigenvalue weighted by atomic mass is 10.1. The fourth-order valence-electron chi connectivity index (χ4n) is 3.95. The molecule has 6 nitrogen and oxygen atoms in total. The largest absolute Gasteiger partial charge is 0.309 e. The van der Waals surface area contributed by atoms with Crippen molar-refractivity contribution in [3.05, 3.63) is 71.1 Å². The van der Waals surface area contributed by atoms with E-state index in [1.807, 2.05) is 12.4 Å². The van der Waals surface area contributed by atoms with Crippen LogP contribution >= 0.6 is 11.3 Å². The van der Waals surface area contributed by atoms with Gasteiger partial charge in [0, 0.05) is 42.0 Å². The summed E-state index contributed by atoms with van der Waals surface area (Å²) in [7, 11) is 8.35. The Morgan fingerprint density at radius 3 is 1.78 bits per heavy atom. The zero-order valence-corrected chi connectivity index (χ0v) is 23.1. The maximum Gasteiger partial charge on any atom is 0.161 e. The SMILES string of the molecule is CN(C)CCC/N=C\c1ccc(-c2nc(-c3ccc(/C=N/CCCN(C)C)cc3)nc3sccc23)cc1. The minimum absolute atomic E-state index is 0.742. The Morgan fingerprint density at radius 1 is 0.703 bits per heavy atom. The number of rotatable bonds is 12. The van der Waals surface area contributed by atoms with E-state index in [2.05, 4.69) is 108 Å². The molecule has 0 saturated heterocycles. The molecular weight excluding hydrogens is 476 g/mol. The van der Waals surface area contributed by atoms with Gasteiger partial charge in [0.1, 0.15) is 4.83 Å². The molecule has 0 amide bonds. The summed E-state index contributed by atoms with van der Waals surface area (Å²) in [4.78, 5) is 24.3. The maximum absolute atomic E-state index is 5.00. The highest BCUT2D eigenvalue weighted by molar-refractivity contribution is 7.16. The van der Waals surface area contributed by atoms with Gasteiger partial charge in [0.05, 0.1) is 5.69 Å². The smallest absolute Gasteiger partial charge is 0.161 e. The lowest BCUT2D eigenvalue weighted by Gasteiger charge is -2.08. The van der Waals surface area contributed by atoms with E-state index in [-0.39, 0.29) is 0 Å². The second-order valence-electron chi connectivity index (χ2n) is 9.66. The Kier molecular flexibility index (Phi) is 9.65. The van der Waals surface area contributed by atoms with Crippen molar-refractivity contribution in [1.82, 2.24) is 19.8 Å². The van der Waals surface area contributed by atoms with Gasteiger partial charge in [0.2, 0.25) is 0 Å². The van der Waals surface area contributed by atoms with Crippen molar-refractivity contribution in [1.29, 1.82) is 0 Å². The van der Waals surface area contributed by atoms with E-state index in [9.17, 15) is 0 Å². The third kappa shape index (κ3) is 7.86. The van der Waals surface area contributed by atoms with Gasteiger partial charge >= 0.3 is 0 Å². The molecule has 0 radical (unpaired) electrons. The van der Waals surface area contributed by atoms with Crippen LogP contribution in [0.5, 0.6) is 0 Å². The summed E-state index contributed by atoms with van der Waals surface area (Å²) in [6.45, 7) is 3.78. The first kappa shape index (κ1) is 26.8. The van der Waals surface area contributed by atoms with E-state index >= 15 is 0 Å². The molecule has 0 N–H and O–H groups in total. The Labute approximate surface area is 224 Å². The molecule has 37 heavy (non-hydrogen) atoms. The van der Waals surface area contributed by atoms with Crippen molar-refractivity contribution in [2.45, 2.75) is 12.8 Å². The summed E-state index contributed by atoms with van der Waals surface area (Å²) in [6.07, 6.45) is 6.02. The van der Waals surface area contributed by atoms with Crippen LogP contribution in [0.25, 0.3) is 32.9 Å². The van der Waals surface area contributed by atoms with E-state index < -0.39 is 0 Å². The fraction of sp³-hybridized carbons (Fsp3) is 0.333. The van der Waals surface area contributed by atoms with Gasteiger partial charge in [-0.05, 0) is 76.7 Å². The van der Waals surface area contributed by atoms with Gasteiger partial charge in [-0.3, -0.25) is 9.98 Å². The highest BCUT2D eigenvalue weighted by Gasteiger charge is 2.12. The van der Waals surface area contributed by atoms with Crippen molar-refractivity contribution >= 4 is 34.0 Å². The summed E-state index contributed by atoms with van der Waals surface area (Å²) in [6, 6.07) is 18.9. The summed E-state index contributed by atoms with van der Waals surface area (Å²) >= 11 is 1.65. The number of hydrogen-bond acceptors (Lipinski definition) is 7. The van der Waals surface area contributed by atoms with Crippen LogP contribution < -0.4 is 0 Å². The average molecular weight is 513 g/mol. The monoisotopic (exact) mass is 512 g/mol. The molecule has 0 fully saturated rings. The van der Waals surface area contributed by atoms with Crippen molar-refractivity contribution in [3.63, 3.8) is 0 Å². The molecule has 0 aliphatic heterocycles. The van der Waals surface area contributed by atoms with E-state index in [1.54, 1.807) is 11.3 Å². The molecule has 0 unspecified atom stereocenters. The number of hydrogen-bond donors (Lipinski definition) is 0. The van der Waals surface area contributed by atoms with Gasteiger partial charge < -0.3 is 9.80 Å². The minimum Gasteiger partial charge on any atom is -0.309 e. The molecule has 0 aliphatic carbocycles. The molecule has 4 aromatic rings. The molecule has 192 valence electrons. The summed E-state index contributed by atoms with van der Waals surface area (Å²) in [5.74, 6) is 0.742. The lowest BCUT2D eigenvalue weighted by Crippen LogP contribution is -2.13. The summed E-state index contributed by atoms with van der Waals surface area (Å²) in [5.41, 5.74) is 5.23. The quantitative estimate of drug-likeness (QED) is 0.179. The van der Waals surface area contributed by atoms with Crippen LogP contribution in [0.4, 0.5) is 0 Å². The van der Waals surface area contributed by atoms with Gasteiger partial charge in [-0.1, -0.05) is 48.5 Å². The molecule has 2 aromatic carbocycles. The van der Waals surface area contributed by atoms with Crippen LogP contribution in [0.1, 0.15) is 24.0 Å². The topological polar surface area (TPSA) is 57.0 Å². The predicted molar refractivity (Wildman–Crippen MR) is 160 cm³/mol. The molecule has 0 spiro atoms. The van der Waals surface area contributed by atoms with Crippen LogP contribution in [0.3, 0.4) is 0 Å². The standard InChI is InChI=1S/C30H36N6S/c1-35(2)18-5-16-31-21-23-7-11-25(12-8-23)28-27-15-20-37-30(27)34-29(33-28)26-13-9-24(10-14-26)22-32-17-6-19-36(3)4/h7-15,20-22H,5-6,16-19H2,1-4H3/b31-21-,32-22+. The first-order valence-corrected chi connectivity index (χ1v) is 13.6. The summed E-state index contributed by atoms with van der Waals surface area (Å²) in [5, 5.41) is 3.16. The fourth-order valence-corrected chi connectivity index (χ4v) is 4.71. The zero-order valence-electron chi connectivity index (χ0n) is 22.3. The zero-order chi connectivity index (χ0) is 26.0. The molecule has 0 atom stereocenters. The number of aromatic nitrogens is 2. The Hall–Kier alpha value is -3.26. The van der Waals surface area contributed by atoms with Crippen molar-refractivity contribution in [2.75, 3.05) is 54.4 Å².